The van der Waals surface area contributed by atoms with Crippen LogP contribution in [0.2, 0.25) is 0 Å². The minimum absolute atomic E-state index is 0.0470. The topological polar surface area (TPSA) is 105 Å². The molecule has 0 radical (unpaired) electrons. The smallest absolute Gasteiger partial charge is 0.261 e. The zero-order chi connectivity index (χ0) is 26.5. The second kappa shape index (κ2) is 11.1. The SMILES string of the molecule is Cc1ccc(S(=O)(=O)NCc2ccccc2N=Cc2ccccc2NS(=O)(=O)c2ccc(C)cc2)cc1. The average Bonchev–Trinajstić information content (AvgIpc) is 2.88. The molecule has 0 spiro atoms. The number of sulfonamides is 2. The minimum Gasteiger partial charge on any atom is -0.279 e. The lowest BCUT2D eigenvalue weighted by atomic mass is 10.1. The maximum absolute atomic E-state index is 12.9. The predicted octanol–water partition coefficient (Wildman–Crippen LogP) is 5.33. The first-order valence-corrected chi connectivity index (χ1v) is 14.5. The lowest BCUT2D eigenvalue weighted by Gasteiger charge is -2.11. The van der Waals surface area contributed by atoms with Crippen molar-refractivity contribution in [1.29, 1.82) is 0 Å². The molecule has 0 atom stereocenters. The lowest BCUT2D eigenvalue weighted by molar-refractivity contribution is 0.581. The number of para-hydroxylation sites is 2. The maximum atomic E-state index is 12.9. The normalized spacial score (nSPS) is 12.1. The quantitative estimate of drug-likeness (QED) is 0.284. The fourth-order valence-electron chi connectivity index (χ4n) is 3.52. The summed E-state index contributed by atoms with van der Waals surface area (Å²) in [4.78, 5) is 4.89. The number of nitrogens with one attached hydrogen (secondary N) is 2. The van der Waals surface area contributed by atoms with Crippen molar-refractivity contribution >= 4 is 37.6 Å². The van der Waals surface area contributed by atoms with Crippen LogP contribution in [-0.2, 0) is 26.6 Å². The van der Waals surface area contributed by atoms with E-state index in [4.69, 9.17) is 0 Å². The monoisotopic (exact) mass is 533 g/mol. The van der Waals surface area contributed by atoms with Gasteiger partial charge < -0.3 is 0 Å². The average molecular weight is 534 g/mol. The van der Waals surface area contributed by atoms with Gasteiger partial charge >= 0.3 is 0 Å². The van der Waals surface area contributed by atoms with Gasteiger partial charge in [-0.15, -0.1) is 0 Å². The Balaban J connectivity index is 1.54. The Hall–Kier alpha value is -3.79. The highest BCUT2D eigenvalue weighted by Gasteiger charge is 2.16. The van der Waals surface area contributed by atoms with E-state index in [-0.39, 0.29) is 16.3 Å². The van der Waals surface area contributed by atoms with Crippen molar-refractivity contribution in [1.82, 2.24) is 4.72 Å². The number of benzene rings is 4. The summed E-state index contributed by atoms with van der Waals surface area (Å²) in [5, 5.41) is 0. The molecular formula is C28H27N3O4S2. The minimum atomic E-state index is -3.79. The number of aryl methyl sites for hydroxylation is 2. The van der Waals surface area contributed by atoms with Crippen molar-refractivity contribution < 1.29 is 16.8 Å². The third kappa shape index (κ3) is 6.71. The van der Waals surface area contributed by atoms with Crippen molar-refractivity contribution in [2.45, 2.75) is 30.2 Å². The van der Waals surface area contributed by atoms with Crippen LogP contribution in [0.3, 0.4) is 0 Å². The van der Waals surface area contributed by atoms with E-state index >= 15 is 0 Å². The van der Waals surface area contributed by atoms with Gasteiger partial charge in [-0.25, -0.2) is 21.6 Å². The van der Waals surface area contributed by atoms with E-state index in [0.717, 1.165) is 11.1 Å². The molecule has 0 amide bonds. The fraction of sp³-hybridized carbons (Fsp3) is 0.107. The summed E-state index contributed by atoms with van der Waals surface area (Å²) in [6.07, 6.45) is 1.56. The van der Waals surface area contributed by atoms with Gasteiger partial charge in [0.1, 0.15) is 0 Å². The Morgan fingerprint density at radius 2 is 1.22 bits per heavy atom. The third-order valence-corrected chi connectivity index (χ3v) is 8.45. The zero-order valence-corrected chi connectivity index (χ0v) is 22.1. The van der Waals surface area contributed by atoms with Crippen LogP contribution < -0.4 is 9.44 Å². The van der Waals surface area contributed by atoms with E-state index in [1.165, 1.54) is 0 Å². The molecule has 9 heteroatoms. The molecule has 190 valence electrons. The Morgan fingerprint density at radius 3 is 1.86 bits per heavy atom. The van der Waals surface area contributed by atoms with Gasteiger partial charge in [-0.05, 0) is 55.8 Å². The Kier molecular flexibility index (Phi) is 7.87. The Morgan fingerprint density at radius 1 is 0.676 bits per heavy atom. The van der Waals surface area contributed by atoms with Gasteiger partial charge in [0.25, 0.3) is 10.0 Å². The van der Waals surface area contributed by atoms with Crippen molar-refractivity contribution in [2.24, 2.45) is 4.99 Å². The molecule has 0 aliphatic rings. The molecule has 0 aromatic heterocycles. The Bertz CT molecular complexity index is 1630. The number of hydrogen-bond donors (Lipinski definition) is 2. The van der Waals surface area contributed by atoms with E-state index in [1.807, 2.05) is 13.8 Å². The van der Waals surface area contributed by atoms with Crippen LogP contribution in [0, 0.1) is 13.8 Å². The Labute approximate surface area is 218 Å². The molecule has 0 aliphatic carbocycles. The molecule has 0 saturated heterocycles. The van der Waals surface area contributed by atoms with E-state index in [9.17, 15) is 16.8 Å². The number of aliphatic imine (C=N–C) groups is 1. The van der Waals surface area contributed by atoms with Gasteiger partial charge in [-0.3, -0.25) is 9.71 Å². The number of rotatable bonds is 9. The molecule has 4 rings (SSSR count). The van der Waals surface area contributed by atoms with E-state index in [2.05, 4.69) is 14.4 Å². The first-order chi connectivity index (χ1) is 17.6. The second-order valence-corrected chi connectivity index (χ2v) is 12.0. The van der Waals surface area contributed by atoms with Crippen LogP contribution in [0.5, 0.6) is 0 Å². The van der Waals surface area contributed by atoms with Crippen LogP contribution in [-0.4, -0.2) is 23.1 Å². The number of hydrogen-bond acceptors (Lipinski definition) is 5. The summed E-state index contributed by atoms with van der Waals surface area (Å²) < 4.78 is 56.4. The van der Waals surface area contributed by atoms with Gasteiger partial charge in [-0.2, -0.15) is 0 Å². The molecule has 7 nitrogen and oxygen atoms in total. The summed E-state index contributed by atoms with van der Waals surface area (Å²) >= 11 is 0. The highest BCUT2D eigenvalue weighted by molar-refractivity contribution is 7.92. The second-order valence-electron chi connectivity index (χ2n) is 8.53. The summed E-state index contributed by atoms with van der Waals surface area (Å²) in [6.45, 7) is 3.83. The molecule has 0 aliphatic heterocycles. The van der Waals surface area contributed by atoms with Crippen molar-refractivity contribution in [3.05, 3.63) is 119 Å². The molecule has 2 N–H and O–H groups in total. The molecule has 4 aromatic rings. The van der Waals surface area contributed by atoms with Crippen molar-refractivity contribution in [3.63, 3.8) is 0 Å². The van der Waals surface area contributed by atoms with Crippen molar-refractivity contribution in [3.8, 4) is 0 Å². The van der Waals surface area contributed by atoms with E-state index in [0.29, 0.717) is 22.5 Å². The molecule has 0 bridgehead atoms. The summed E-state index contributed by atoms with van der Waals surface area (Å²) in [5.41, 5.74) is 4.11. The van der Waals surface area contributed by atoms with E-state index < -0.39 is 20.0 Å². The highest BCUT2D eigenvalue weighted by atomic mass is 32.2. The predicted molar refractivity (Wildman–Crippen MR) is 147 cm³/mol. The summed E-state index contributed by atoms with van der Waals surface area (Å²) in [7, 11) is -7.48. The molecular weight excluding hydrogens is 506 g/mol. The van der Waals surface area contributed by atoms with Gasteiger partial charge in [0.15, 0.2) is 0 Å². The molecule has 0 unspecified atom stereocenters. The summed E-state index contributed by atoms with van der Waals surface area (Å²) in [6, 6.07) is 27.3. The third-order valence-electron chi connectivity index (χ3n) is 5.65. The first kappa shape index (κ1) is 26.3. The standard InChI is InChI=1S/C28H27N3O4S2/c1-21-11-15-25(16-12-21)36(32,33)30-20-24-8-3-5-9-27(24)29-19-23-7-4-6-10-28(23)31-37(34,35)26-17-13-22(2)14-18-26/h3-19,30-31H,20H2,1-2H3. The zero-order valence-electron chi connectivity index (χ0n) is 20.4. The molecule has 0 heterocycles. The van der Waals surface area contributed by atoms with Gasteiger partial charge in [0, 0.05) is 18.3 Å². The summed E-state index contributed by atoms with van der Waals surface area (Å²) in [5.74, 6) is 0. The fourth-order valence-corrected chi connectivity index (χ4v) is 5.62. The lowest BCUT2D eigenvalue weighted by Crippen LogP contribution is -2.23. The first-order valence-electron chi connectivity index (χ1n) is 11.5. The van der Waals surface area contributed by atoms with Crippen LogP contribution in [0.15, 0.2) is 112 Å². The van der Waals surface area contributed by atoms with Gasteiger partial charge in [-0.1, -0.05) is 71.8 Å². The van der Waals surface area contributed by atoms with Crippen LogP contribution >= 0.6 is 0 Å². The largest absolute Gasteiger partial charge is 0.279 e. The molecule has 37 heavy (non-hydrogen) atoms. The van der Waals surface area contributed by atoms with Crippen molar-refractivity contribution in [2.75, 3.05) is 4.72 Å². The van der Waals surface area contributed by atoms with Gasteiger partial charge in [0.05, 0.1) is 21.2 Å². The number of nitrogens with zero attached hydrogens (tertiary/aromatic N) is 1. The van der Waals surface area contributed by atoms with Crippen LogP contribution in [0.4, 0.5) is 11.4 Å². The maximum Gasteiger partial charge on any atom is 0.261 e. The molecule has 0 saturated carbocycles. The van der Waals surface area contributed by atoms with E-state index in [1.54, 1.807) is 103 Å². The molecule has 4 aromatic carbocycles. The van der Waals surface area contributed by atoms with Gasteiger partial charge in [0.2, 0.25) is 10.0 Å². The highest BCUT2D eigenvalue weighted by Crippen LogP contribution is 2.23. The molecule has 0 fully saturated rings. The van der Waals surface area contributed by atoms with Crippen LogP contribution in [0.1, 0.15) is 22.3 Å². The van der Waals surface area contributed by atoms with Crippen LogP contribution in [0.25, 0.3) is 0 Å². The number of anilines is 1.